The Morgan fingerprint density at radius 2 is 2.26 bits per heavy atom. The quantitative estimate of drug-likeness (QED) is 0.750. The van der Waals surface area contributed by atoms with Crippen molar-refractivity contribution in [2.45, 2.75) is 26.4 Å². The van der Waals surface area contributed by atoms with E-state index in [0.717, 1.165) is 18.7 Å². The minimum absolute atomic E-state index is 0.159. The van der Waals surface area contributed by atoms with Gasteiger partial charge in [0.15, 0.2) is 0 Å². The molecule has 1 saturated heterocycles. The summed E-state index contributed by atoms with van der Waals surface area (Å²) in [6.07, 6.45) is 1.77. The standard InChI is InChI=1S/C13H18N4O2/c1-3-14-6-10-4-5-11(15-7-10)17-8-12(18)16-13(19)9(17)2/h4-5,7,9,14H,3,6,8H2,1-2H3,(H,16,18,19). The normalized spacial score (nSPS) is 19.5. The van der Waals surface area contributed by atoms with Gasteiger partial charge in [0.2, 0.25) is 11.8 Å². The summed E-state index contributed by atoms with van der Waals surface area (Å²) < 4.78 is 0. The molecule has 1 fully saturated rings. The molecular weight excluding hydrogens is 244 g/mol. The Bertz CT molecular complexity index is 472. The number of carbonyl (C=O) groups excluding carboxylic acids is 2. The molecule has 1 atom stereocenters. The number of nitrogens with zero attached hydrogens (tertiary/aromatic N) is 2. The number of pyridine rings is 1. The van der Waals surface area contributed by atoms with Crippen LogP contribution in [0.1, 0.15) is 19.4 Å². The second-order valence-corrected chi connectivity index (χ2v) is 4.52. The molecule has 0 saturated carbocycles. The van der Waals surface area contributed by atoms with Crippen LogP contribution in [0.5, 0.6) is 0 Å². The highest BCUT2D eigenvalue weighted by Crippen LogP contribution is 2.16. The van der Waals surface area contributed by atoms with Gasteiger partial charge in [0.25, 0.3) is 0 Å². The van der Waals surface area contributed by atoms with Crippen molar-refractivity contribution in [2.75, 3.05) is 18.0 Å². The summed E-state index contributed by atoms with van der Waals surface area (Å²) in [6, 6.07) is 3.41. The molecule has 2 N–H and O–H groups in total. The van der Waals surface area contributed by atoms with Gasteiger partial charge in [-0.3, -0.25) is 14.9 Å². The summed E-state index contributed by atoms with van der Waals surface area (Å²) in [4.78, 5) is 29.0. The maximum absolute atomic E-state index is 11.6. The fourth-order valence-electron chi connectivity index (χ4n) is 1.95. The Morgan fingerprint density at radius 3 is 2.89 bits per heavy atom. The van der Waals surface area contributed by atoms with Crippen molar-refractivity contribution >= 4 is 17.6 Å². The van der Waals surface area contributed by atoms with Gasteiger partial charge in [-0.15, -0.1) is 0 Å². The number of piperazine rings is 1. The molecule has 2 amide bonds. The van der Waals surface area contributed by atoms with Crippen molar-refractivity contribution in [1.29, 1.82) is 0 Å². The summed E-state index contributed by atoms with van der Waals surface area (Å²) in [6.45, 7) is 5.63. The number of anilines is 1. The van der Waals surface area contributed by atoms with Crippen molar-refractivity contribution in [2.24, 2.45) is 0 Å². The number of rotatable bonds is 4. The predicted molar refractivity (Wildman–Crippen MR) is 71.6 cm³/mol. The lowest BCUT2D eigenvalue weighted by molar-refractivity contribution is -0.132. The van der Waals surface area contributed by atoms with E-state index >= 15 is 0 Å². The topological polar surface area (TPSA) is 74.3 Å². The van der Waals surface area contributed by atoms with Gasteiger partial charge in [-0.2, -0.15) is 0 Å². The van der Waals surface area contributed by atoms with Gasteiger partial charge in [0, 0.05) is 12.7 Å². The van der Waals surface area contributed by atoms with E-state index < -0.39 is 0 Å². The Kier molecular flexibility index (Phi) is 4.11. The first-order valence-corrected chi connectivity index (χ1v) is 6.37. The number of hydrogen-bond donors (Lipinski definition) is 2. The van der Waals surface area contributed by atoms with E-state index in [9.17, 15) is 9.59 Å². The average Bonchev–Trinajstić information content (AvgIpc) is 2.41. The molecule has 1 aliphatic rings. The molecule has 0 aromatic carbocycles. The Balaban J connectivity index is 2.12. The first kappa shape index (κ1) is 13.5. The molecule has 0 spiro atoms. The van der Waals surface area contributed by atoms with Crippen LogP contribution >= 0.6 is 0 Å². The zero-order chi connectivity index (χ0) is 13.8. The smallest absolute Gasteiger partial charge is 0.249 e. The molecule has 6 nitrogen and oxygen atoms in total. The van der Waals surface area contributed by atoms with Crippen LogP contribution in [0.3, 0.4) is 0 Å². The lowest BCUT2D eigenvalue weighted by Crippen LogP contribution is -2.57. The highest BCUT2D eigenvalue weighted by Gasteiger charge is 2.30. The highest BCUT2D eigenvalue weighted by atomic mass is 16.2. The zero-order valence-electron chi connectivity index (χ0n) is 11.1. The lowest BCUT2D eigenvalue weighted by atomic mass is 10.2. The molecule has 1 aliphatic heterocycles. The molecular formula is C13H18N4O2. The maximum atomic E-state index is 11.6. The van der Waals surface area contributed by atoms with Crippen LogP contribution in [-0.4, -0.2) is 35.9 Å². The predicted octanol–water partition coefficient (Wildman–Crippen LogP) is 0.0424. The number of carbonyl (C=O) groups is 2. The van der Waals surface area contributed by atoms with E-state index in [0.29, 0.717) is 5.82 Å². The average molecular weight is 262 g/mol. The van der Waals surface area contributed by atoms with Crippen molar-refractivity contribution in [1.82, 2.24) is 15.6 Å². The van der Waals surface area contributed by atoms with Crippen molar-refractivity contribution in [3.63, 3.8) is 0 Å². The first-order chi connectivity index (χ1) is 9.11. The summed E-state index contributed by atoms with van der Waals surface area (Å²) in [5.74, 6) is 0.0763. The minimum Gasteiger partial charge on any atom is -0.336 e. The van der Waals surface area contributed by atoms with Crippen LogP contribution in [0.15, 0.2) is 18.3 Å². The Labute approximate surface area is 112 Å². The molecule has 2 rings (SSSR count). The zero-order valence-corrected chi connectivity index (χ0v) is 11.1. The van der Waals surface area contributed by atoms with Crippen LogP contribution in [-0.2, 0) is 16.1 Å². The lowest BCUT2D eigenvalue weighted by Gasteiger charge is -2.32. The molecule has 0 radical (unpaired) electrons. The summed E-state index contributed by atoms with van der Waals surface area (Å²) in [5.41, 5.74) is 1.08. The first-order valence-electron chi connectivity index (χ1n) is 6.37. The molecule has 0 bridgehead atoms. The van der Waals surface area contributed by atoms with Gasteiger partial charge < -0.3 is 10.2 Å². The largest absolute Gasteiger partial charge is 0.336 e. The molecule has 102 valence electrons. The van der Waals surface area contributed by atoms with Gasteiger partial charge in [-0.05, 0) is 25.1 Å². The fraction of sp³-hybridized carbons (Fsp3) is 0.462. The van der Waals surface area contributed by atoms with E-state index in [2.05, 4.69) is 15.6 Å². The molecule has 1 unspecified atom stereocenters. The van der Waals surface area contributed by atoms with Crippen LogP contribution < -0.4 is 15.5 Å². The molecule has 6 heteroatoms. The summed E-state index contributed by atoms with van der Waals surface area (Å²) in [5, 5.41) is 5.53. The molecule has 19 heavy (non-hydrogen) atoms. The van der Waals surface area contributed by atoms with Crippen LogP contribution in [0.25, 0.3) is 0 Å². The van der Waals surface area contributed by atoms with E-state index in [1.165, 1.54) is 0 Å². The Morgan fingerprint density at radius 1 is 1.47 bits per heavy atom. The third-order valence-corrected chi connectivity index (χ3v) is 3.11. The van der Waals surface area contributed by atoms with Crippen LogP contribution in [0.2, 0.25) is 0 Å². The van der Waals surface area contributed by atoms with Gasteiger partial charge in [0.05, 0.1) is 6.54 Å². The van der Waals surface area contributed by atoms with Crippen molar-refractivity contribution < 1.29 is 9.59 Å². The number of hydrogen-bond acceptors (Lipinski definition) is 5. The number of aromatic nitrogens is 1. The second-order valence-electron chi connectivity index (χ2n) is 4.52. The summed E-state index contributed by atoms with van der Waals surface area (Å²) in [7, 11) is 0. The SMILES string of the molecule is CCNCc1ccc(N2CC(=O)NC(=O)C2C)nc1. The van der Waals surface area contributed by atoms with E-state index in [1.807, 2.05) is 19.1 Å². The van der Waals surface area contributed by atoms with E-state index in [-0.39, 0.29) is 24.4 Å². The summed E-state index contributed by atoms with van der Waals surface area (Å²) >= 11 is 0. The second kappa shape index (κ2) is 5.79. The van der Waals surface area contributed by atoms with E-state index in [4.69, 9.17) is 0 Å². The van der Waals surface area contributed by atoms with Gasteiger partial charge in [-0.25, -0.2) is 4.98 Å². The number of imide groups is 1. The molecule has 1 aromatic heterocycles. The third kappa shape index (κ3) is 3.08. The molecule has 1 aromatic rings. The minimum atomic E-state index is -0.384. The molecule has 0 aliphatic carbocycles. The van der Waals surface area contributed by atoms with Crippen molar-refractivity contribution in [3.05, 3.63) is 23.9 Å². The third-order valence-electron chi connectivity index (χ3n) is 3.11. The Hall–Kier alpha value is -1.95. The van der Waals surface area contributed by atoms with Crippen LogP contribution in [0.4, 0.5) is 5.82 Å². The monoisotopic (exact) mass is 262 g/mol. The molecule has 2 heterocycles. The van der Waals surface area contributed by atoms with Crippen molar-refractivity contribution in [3.8, 4) is 0 Å². The number of amides is 2. The fourth-order valence-corrected chi connectivity index (χ4v) is 1.95. The van der Waals surface area contributed by atoms with Gasteiger partial charge in [-0.1, -0.05) is 13.0 Å². The van der Waals surface area contributed by atoms with Gasteiger partial charge in [0.1, 0.15) is 11.9 Å². The van der Waals surface area contributed by atoms with Crippen LogP contribution in [0, 0.1) is 0 Å². The highest BCUT2D eigenvalue weighted by molar-refractivity contribution is 6.04. The van der Waals surface area contributed by atoms with E-state index in [1.54, 1.807) is 18.0 Å². The van der Waals surface area contributed by atoms with Gasteiger partial charge >= 0.3 is 0 Å². The number of nitrogens with one attached hydrogen (secondary N) is 2. The maximum Gasteiger partial charge on any atom is 0.249 e.